The topological polar surface area (TPSA) is 69.7 Å². The minimum absolute atomic E-state index is 0.268. The van der Waals surface area contributed by atoms with Gasteiger partial charge in [0.05, 0.1) is 12.2 Å². The monoisotopic (exact) mass is 226 g/mol. The Morgan fingerprint density at radius 3 is 2.44 bits per heavy atom. The number of nitrogens with zero attached hydrogens (tertiary/aromatic N) is 1. The summed E-state index contributed by atoms with van der Waals surface area (Å²) >= 11 is 0. The number of aliphatic hydroxyl groups is 2. The number of rotatable bonds is 2. The van der Waals surface area contributed by atoms with Crippen molar-refractivity contribution in [3.05, 3.63) is 29.6 Å². The number of benzene rings is 1. The fourth-order valence-electron chi connectivity index (χ4n) is 1.91. The Morgan fingerprint density at radius 2 is 1.88 bits per heavy atom. The fourth-order valence-corrected chi connectivity index (χ4v) is 1.91. The summed E-state index contributed by atoms with van der Waals surface area (Å²) in [6.07, 6.45) is -1.55. The molecule has 1 aromatic rings. The van der Waals surface area contributed by atoms with Crippen molar-refractivity contribution >= 4 is 5.69 Å². The quantitative estimate of drug-likeness (QED) is 0.654. The van der Waals surface area contributed by atoms with Crippen LogP contribution in [-0.2, 0) is 6.54 Å². The number of hydrogen-bond acceptors (Lipinski definition) is 4. The Balaban J connectivity index is 2.24. The van der Waals surface area contributed by atoms with Crippen LogP contribution in [0, 0.1) is 5.82 Å². The maximum atomic E-state index is 13.3. The molecule has 1 saturated heterocycles. The molecular formula is C11H15FN2O2. The van der Waals surface area contributed by atoms with E-state index in [0.29, 0.717) is 24.3 Å². The average Bonchev–Trinajstić information content (AvgIpc) is 2.58. The van der Waals surface area contributed by atoms with Gasteiger partial charge in [-0.15, -0.1) is 0 Å². The highest BCUT2D eigenvalue weighted by Gasteiger charge is 2.29. The third-order valence-corrected chi connectivity index (χ3v) is 2.80. The van der Waals surface area contributed by atoms with Crippen molar-refractivity contribution in [2.24, 2.45) is 5.73 Å². The molecule has 4 N–H and O–H groups in total. The summed E-state index contributed by atoms with van der Waals surface area (Å²) in [6.45, 7) is 0.896. The van der Waals surface area contributed by atoms with E-state index in [2.05, 4.69) is 0 Å². The number of halogens is 1. The lowest BCUT2D eigenvalue weighted by Gasteiger charge is -2.18. The molecule has 0 spiro atoms. The van der Waals surface area contributed by atoms with Gasteiger partial charge in [-0.25, -0.2) is 4.39 Å². The molecule has 2 unspecified atom stereocenters. The number of nitrogens with two attached hydrogens (primary N) is 1. The maximum Gasteiger partial charge on any atom is 0.125 e. The van der Waals surface area contributed by atoms with Crippen LogP contribution >= 0.6 is 0 Å². The first-order valence-electron chi connectivity index (χ1n) is 5.21. The van der Waals surface area contributed by atoms with E-state index in [1.165, 1.54) is 12.1 Å². The van der Waals surface area contributed by atoms with Crippen LogP contribution in [0.3, 0.4) is 0 Å². The van der Waals surface area contributed by atoms with Crippen molar-refractivity contribution < 1.29 is 14.6 Å². The smallest absolute Gasteiger partial charge is 0.125 e. The molecule has 5 heteroatoms. The largest absolute Gasteiger partial charge is 0.389 e. The van der Waals surface area contributed by atoms with Crippen LogP contribution in [0.5, 0.6) is 0 Å². The molecule has 0 aromatic heterocycles. The van der Waals surface area contributed by atoms with Crippen molar-refractivity contribution in [2.45, 2.75) is 18.8 Å². The Hall–Kier alpha value is -1.17. The van der Waals surface area contributed by atoms with Crippen LogP contribution in [0.1, 0.15) is 5.56 Å². The van der Waals surface area contributed by atoms with E-state index in [1.807, 2.05) is 0 Å². The molecule has 0 saturated carbocycles. The molecule has 1 aliphatic heterocycles. The summed E-state index contributed by atoms with van der Waals surface area (Å²) in [5.74, 6) is -0.353. The number of β-amino-alcohol motifs (C(OH)–C–C–N with tert-alkyl or cyclic N) is 2. The summed E-state index contributed by atoms with van der Waals surface area (Å²) in [6, 6.07) is 4.53. The zero-order chi connectivity index (χ0) is 11.7. The molecule has 16 heavy (non-hydrogen) atoms. The minimum Gasteiger partial charge on any atom is -0.389 e. The molecule has 2 atom stereocenters. The van der Waals surface area contributed by atoms with Crippen LogP contribution in [0.4, 0.5) is 10.1 Å². The van der Waals surface area contributed by atoms with Gasteiger partial charge in [-0.05, 0) is 23.8 Å². The first-order valence-corrected chi connectivity index (χ1v) is 5.21. The Kier molecular flexibility index (Phi) is 3.09. The van der Waals surface area contributed by atoms with Crippen molar-refractivity contribution in [3.63, 3.8) is 0 Å². The van der Waals surface area contributed by atoms with E-state index < -0.39 is 12.2 Å². The van der Waals surface area contributed by atoms with Gasteiger partial charge in [-0.3, -0.25) is 0 Å². The van der Waals surface area contributed by atoms with E-state index in [-0.39, 0.29) is 12.4 Å². The van der Waals surface area contributed by atoms with Gasteiger partial charge in [0.25, 0.3) is 0 Å². The lowest BCUT2D eigenvalue weighted by atomic mass is 10.2. The highest BCUT2D eigenvalue weighted by molar-refractivity contribution is 5.50. The number of anilines is 1. The van der Waals surface area contributed by atoms with Crippen LogP contribution in [-0.4, -0.2) is 35.5 Å². The molecule has 0 radical (unpaired) electrons. The van der Waals surface area contributed by atoms with E-state index in [4.69, 9.17) is 5.73 Å². The van der Waals surface area contributed by atoms with Gasteiger partial charge in [0.15, 0.2) is 0 Å². The molecule has 1 heterocycles. The van der Waals surface area contributed by atoms with Gasteiger partial charge in [-0.2, -0.15) is 0 Å². The van der Waals surface area contributed by atoms with Crippen molar-refractivity contribution in [2.75, 3.05) is 18.0 Å². The van der Waals surface area contributed by atoms with Crippen molar-refractivity contribution in [1.82, 2.24) is 0 Å². The predicted octanol–water partition coefficient (Wildman–Crippen LogP) is -0.174. The normalized spacial score (nSPS) is 25.1. The summed E-state index contributed by atoms with van der Waals surface area (Å²) in [5, 5.41) is 18.8. The zero-order valence-electron chi connectivity index (χ0n) is 8.81. The Bertz CT molecular complexity index is 376. The highest BCUT2D eigenvalue weighted by atomic mass is 19.1. The van der Waals surface area contributed by atoms with E-state index in [9.17, 15) is 14.6 Å². The Labute approximate surface area is 93.1 Å². The molecule has 0 bridgehead atoms. The van der Waals surface area contributed by atoms with Gasteiger partial charge < -0.3 is 20.8 Å². The second-order valence-electron chi connectivity index (χ2n) is 4.06. The molecule has 1 fully saturated rings. The van der Waals surface area contributed by atoms with Crippen molar-refractivity contribution in [1.29, 1.82) is 0 Å². The van der Waals surface area contributed by atoms with Gasteiger partial charge >= 0.3 is 0 Å². The van der Waals surface area contributed by atoms with Gasteiger partial charge in [-0.1, -0.05) is 0 Å². The molecule has 2 rings (SSSR count). The van der Waals surface area contributed by atoms with E-state index in [1.54, 1.807) is 11.0 Å². The molecule has 1 aliphatic rings. The van der Waals surface area contributed by atoms with Crippen LogP contribution in [0.2, 0.25) is 0 Å². The van der Waals surface area contributed by atoms with Gasteiger partial charge in [0.1, 0.15) is 5.82 Å². The molecule has 88 valence electrons. The third kappa shape index (κ3) is 2.16. The summed E-state index contributed by atoms with van der Waals surface area (Å²) in [7, 11) is 0. The molecule has 4 nitrogen and oxygen atoms in total. The van der Waals surface area contributed by atoms with Crippen LogP contribution in [0.15, 0.2) is 18.2 Å². The third-order valence-electron chi connectivity index (χ3n) is 2.80. The standard InChI is InChI=1S/C11H15FN2O2/c12-8-1-7(4-13)2-9(3-8)14-5-10(15)11(16)6-14/h1-3,10-11,15-16H,4-6,13H2. The molecular weight excluding hydrogens is 211 g/mol. The second-order valence-corrected chi connectivity index (χ2v) is 4.06. The van der Waals surface area contributed by atoms with Crippen LogP contribution in [0.25, 0.3) is 0 Å². The molecule has 0 aliphatic carbocycles. The van der Waals surface area contributed by atoms with Gasteiger partial charge in [0.2, 0.25) is 0 Å². The van der Waals surface area contributed by atoms with Crippen LogP contribution < -0.4 is 10.6 Å². The highest BCUT2D eigenvalue weighted by Crippen LogP contribution is 2.23. The first kappa shape index (κ1) is 11.3. The summed E-state index contributed by atoms with van der Waals surface area (Å²) < 4.78 is 13.3. The first-order chi connectivity index (χ1) is 7.60. The lowest BCUT2D eigenvalue weighted by molar-refractivity contribution is 0.0572. The minimum atomic E-state index is -0.774. The lowest BCUT2D eigenvalue weighted by Crippen LogP contribution is -2.22. The SMILES string of the molecule is NCc1cc(F)cc(N2CC(O)C(O)C2)c1. The molecule has 1 aromatic carbocycles. The Morgan fingerprint density at radius 1 is 1.25 bits per heavy atom. The van der Waals surface area contributed by atoms with E-state index in [0.717, 1.165) is 0 Å². The second kappa shape index (κ2) is 4.37. The van der Waals surface area contributed by atoms with Gasteiger partial charge in [0, 0.05) is 25.3 Å². The maximum absolute atomic E-state index is 13.3. The predicted molar refractivity (Wildman–Crippen MR) is 58.5 cm³/mol. The number of hydrogen-bond donors (Lipinski definition) is 3. The number of aliphatic hydroxyl groups excluding tert-OH is 2. The summed E-state index contributed by atoms with van der Waals surface area (Å²) in [5.41, 5.74) is 6.81. The van der Waals surface area contributed by atoms with E-state index >= 15 is 0 Å². The zero-order valence-corrected chi connectivity index (χ0v) is 8.81. The summed E-state index contributed by atoms with van der Waals surface area (Å²) in [4.78, 5) is 1.75. The average molecular weight is 226 g/mol. The van der Waals surface area contributed by atoms with Crippen molar-refractivity contribution in [3.8, 4) is 0 Å². The fraction of sp³-hybridized carbons (Fsp3) is 0.455. The molecule has 0 amide bonds.